The Hall–Kier alpha value is -1.32. The number of nitrogens with zero attached hydrogens (tertiary/aromatic N) is 2. The molecule has 2 aromatic carbocycles. The average Bonchev–Trinajstić information content (AvgIpc) is 3.01. The van der Waals surface area contributed by atoms with Crippen LogP contribution < -0.4 is 0 Å². The van der Waals surface area contributed by atoms with Crippen molar-refractivity contribution in [3.05, 3.63) is 73.7 Å². The van der Waals surface area contributed by atoms with E-state index in [0.29, 0.717) is 23.7 Å². The van der Waals surface area contributed by atoms with Gasteiger partial charge in [0.25, 0.3) is 0 Å². The number of hydrogen-bond acceptors (Lipinski definition) is 0. The van der Waals surface area contributed by atoms with Crippen LogP contribution in [0.5, 0.6) is 0 Å². The molecule has 0 N–H and O–H groups in total. The van der Waals surface area contributed by atoms with Crippen LogP contribution in [0.25, 0.3) is 11.4 Å². The van der Waals surface area contributed by atoms with Crippen LogP contribution >= 0.6 is 9.19 Å². The van der Waals surface area contributed by atoms with Crippen molar-refractivity contribution < 1.29 is 18.2 Å². The van der Waals surface area contributed by atoms with E-state index in [1.165, 1.54) is 48.6 Å². The van der Waals surface area contributed by atoms with E-state index in [2.05, 4.69) is 115 Å². The molecule has 0 atom stereocenters. The zero-order chi connectivity index (χ0) is 24.6. The Morgan fingerprint density at radius 2 is 0.848 bits per heavy atom. The molecule has 0 spiro atoms. The molecular formula is C29H40AuClN2. The summed E-state index contributed by atoms with van der Waals surface area (Å²) in [5, 5.41) is 0. The van der Waals surface area contributed by atoms with Crippen LogP contribution in [-0.4, -0.2) is 9.13 Å². The molecule has 0 saturated carbocycles. The van der Waals surface area contributed by atoms with Crippen LogP contribution in [0.2, 0.25) is 0 Å². The first-order chi connectivity index (χ1) is 15.5. The van der Waals surface area contributed by atoms with E-state index >= 15 is 0 Å². The molecule has 4 heteroatoms. The van der Waals surface area contributed by atoms with E-state index < -0.39 is 18.2 Å². The Bertz CT molecular complexity index is 1070. The van der Waals surface area contributed by atoms with Crippen LogP contribution in [0, 0.1) is 17.5 Å². The second kappa shape index (κ2) is 10.5. The summed E-state index contributed by atoms with van der Waals surface area (Å²) in [6.45, 7) is 22.9. The molecule has 33 heavy (non-hydrogen) atoms. The standard InChI is InChI=1S/C29H40N2.Au.ClH/c1-18(2)24-13-11-14-25(19(3)4)28(24)30-17-31(23(10)22(30)9)29-26(20(5)6)15-12-16-27(29)21(7)8;;/h11-16,18-21H,1-10H3;;1H/q;+1;/p-1. The van der Waals surface area contributed by atoms with Gasteiger partial charge in [-0.3, -0.25) is 0 Å². The number of halogens is 1. The summed E-state index contributed by atoms with van der Waals surface area (Å²) in [5.74, 6) is 1.73. The van der Waals surface area contributed by atoms with Gasteiger partial charge in [-0.25, -0.2) is 0 Å². The van der Waals surface area contributed by atoms with Gasteiger partial charge in [-0.05, 0) is 0 Å². The zero-order valence-electron chi connectivity index (χ0n) is 21.8. The second-order valence-electron chi connectivity index (χ2n) is 10.3. The Labute approximate surface area is 213 Å². The second-order valence-corrected chi connectivity index (χ2v) is 12.6. The fourth-order valence-electron chi connectivity index (χ4n) is 4.77. The SMILES string of the molecule is Cc1c(C)n(-c2c(C(C)C)cccc2C(C)C)[c](=[Au][Cl])n1-c1c(C(C)C)cccc1C(C)C. The predicted molar refractivity (Wildman–Crippen MR) is 140 cm³/mol. The summed E-state index contributed by atoms with van der Waals surface area (Å²) >= 11 is -0.579. The summed E-state index contributed by atoms with van der Waals surface area (Å²) < 4.78 is 6.22. The van der Waals surface area contributed by atoms with Crippen molar-refractivity contribution in [1.29, 1.82) is 0 Å². The average molecular weight is 649 g/mol. The van der Waals surface area contributed by atoms with Gasteiger partial charge in [0.05, 0.1) is 0 Å². The summed E-state index contributed by atoms with van der Waals surface area (Å²) in [5.41, 5.74) is 10.8. The van der Waals surface area contributed by atoms with Gasteiger partial charge in [0.1, 0.15) is 0 Å². The first-order valence-corrected chi connectivity index (χ1v) is 15.9. The van der Waals surface area contributed by atoms with E-state index in [0.717, 1.165) is 0 Å². The van der Waals surface area contributed by atoms with Crippen LogP contribution in [0.1, 0.15) is 113 Å². The molecule has 0 aliphatic rings. The van der Waals surface area contributed by atoms with Crippen molar-refractivity contribution in [3.8, 4) is 11.4 Å². The summed E-state index contributed by atoms with van der Waals surface area (Å²) in [6, 6.07) is 13.6. The maximum absolute atomic E-state index is 6.91. The molecule has 1 aromatic heterocycles. The van der Waals surface area contributed by atoms with Gasteiger partial charge in [0.15, 0.2) is 0 Å². The van der Waals surface area contributed by atoms with Crippen molar-refractivity contribution in [2.75, 3.05) is 0 Å². The monoisotopic (exact) mass is 648 g/mol. The predicted octanol–water partition coefficient (Wildman–Crippen LogP) is 9.15. The van der Waals surface area contributed by atoms with Gasteiger partial charge in [0, 0.05) is 0 Å². The maximum atomic E-state index is 6.91. The normalized spacial score (nSPS) is 12.2. The molecule has 0 aliphatic carbocycles. The molecule has 0 saturated heterocycles. The summed E-state index contributed by atoms with van der Waals surface area (Å²) in [6.07, 6.45) is 0. The van der Waals surface area contributed by atoms with Gasteiger partial charge in [-0.2, -0.15) is 0 Å². The van der Waals surface area contributed by atoms with Crippen molar-refractivity contribution >= 4 is 9.19 Å². The van der Waals surface area contributed by atoms with Crippen molar-refractivity contribution in [2.45, 2.75) is 92.9 Å². The van der Waals surface area contributed by atoms with Crippen molar-refractivity contribution in [1.82, 2.24) is 9.13 Å². The molecular weight excluding hydrogens is 609 g/mol. The number of benzene rings is 2. The molecule has 1 heterocycles. The number of para-hydroxylation sites is 2. The first kappa shape index (κ1) is 26.3. The van der Waals surface area contributed by atoms with Gasteiger partial charge in [0.2, 0.25) is 0 Å². The minimum absolute atomic E-state index is 0.434. The molecule has 184 valence electrons. The third kappa shape index (κ3) is 4.78. The number of imidazole rings is 1. The topological polar surface area (TPSA) is 9.86 Å². The molecule has 2 nitrogen and oxygen atoms in total. The molecule has 0 radical (unpaired) electrons. The molecule has 0 fully saturated rings. The van der Waals surface area contributed by atoms with E-state index in [9.17, 15) is 0 Å². The van der Waals surface area contributed by atoms with E-state index in [-0.39, 0.29) is 0 Å². The number of aromatic nitrogens is 2. The summed E-state index contributed by atoms with van der Waals surface area (Å²) in [4.78, 5) is 0. The Morgan fingerprint density at radius 1 is 0.576 bits per heavy atom. The summed E-state index contributed by atoms with van der Waals surface area (Å²) in [7, 11) is 6.91. The van der Waals surface area contributed by atoms with Gasteiger partial charge >= 0.3 is 214 Å². The first-order valence-electron chi connectivity index (χ1n) is 12.1. The van der Waals surface area contributed by atoms with Crippen molar-refractivity contribution in [2.24, 2.45) is 0 Å². The minimum atomic E-state index is -0.579. The fourth-order valence-corrected chi connectivity index (χ4v) is 7.18. The zero-order valence-corrected chi connectivity index (χ0v) is 24.8. The fraction of sp³-hybridized carbons (Fsp3) is 0.483. The Balaban J connectivity index is 2.55. The van der Waals surface area contributed by atoms with E-state index in [1.54, 1.807) is 0 Å². The van der Waals surface area contributed by atoms with E-state index in [1.807, 2.05) is 0 Å². The van der Waals surface area contributed by atoms with Gasteiger partial charge in [-0.15, -0.1) is 0 Å². The van der Waals surface area contributed by atoms with Gasteiger partial charge < -0.3 is 0 Å². The third-order valence-electron chi connectivity index (χ3n) is 6.71. The molecule has 0 aliphatic heterocycles. The van der Waals surface area contributed by atoms with Gasteiger partial charge in [-0.1, -0.05) is 0 Å². The Kier molecular flexibility index (Phi) is 8.38. The molecule has 0 bridgehead atoms. The van der Waals surface area contributed by atoms with Crippen LogP contribution in [0.4, 0.5) is 0 Å². The van der Waals surface area contributed by atoms with Crippen LogP contribution in [0.3, 0.4) is 0 Å². The third-order valence-corrected chi connectivity index (χ3v) is 8.88. The van der Waals surface area contributed by atoms with Crippen LogP contribution in [0.15, 0.2) is 36.4 Å². The number of rotatable bonds is 6. The molecule has 0 amide bonds. The molecule has 3 rings (SSSR count). The molecule has 0 unspecified atom stereocenters. The van der Waals surface area contributed by atoms with Crippen LogP contribution in [-0.2, 0) is 18.2 Å². The van der Waals surface area contributed by atoms with Crippen molar-refractivity contribution in [3.63, 3.8) is 0 Å². The quantitative estimate of drug-likeness (QED) is 0.236. The number of hydrogen-bond donors (Lipinski definition) is 0. The molecule has 3 aromatic rings. The Morgan fingerprint density at radius 3 is 1.06 bits per heavy atom. The van der Waals surface area contributed by atoms with E-state index in [4.69, 9.17) is 9.19 Å².